The Morgan fingerprint density at radius 2 is 2.00 bits per heavy atom. The summed E-state index contributed by atoms with van der Waals surface area (Å²) in [6, 6.07) is 7.95. The lowest BCUT2D eigenvalue weighted by Crippen LogP contribution is -2.41. The molecule has 2 heterocycles. The van der Waals surface area contributed by atoms with Gasteiger partial charge in [0.15, 0.2) is 0 Å². The minimum atomic E-state index is 0.182. The number of carbonyl (C=O) groups excluding carboxylic acids is 1. The van der Waals surface area contributed by atoms with E-state index in [9.17, 15) is 4.79 Å². The number of H-pyrrole nitrogens is 1. The zero-order chi connectivity index (χ0) is 14.7. The summed E-state index contributed by atoms with van der Waals surface area (Å²) in [5.74, 6) is 0.182. The summed E-state index contributed by atoms with van der Waals surface area (Å²) in [6.07, 6.45) is 3.49. The fourth-order valence-electron chi connectivity index (χ4n) is 2.83. The molecule has 4 nitrogen and oxygen atoms in total. The lowest BCUT2D eigenvalue weighted by atomic mass is 10.1. The summed E-state index contributed by atoms with van der Waals surface area (Å²) in [7, 11) is 0. The van der Waals surface area contributed by atoms with Crippen molar-refractivity contribution in [2.45, 2.75) is 25.8 Å². The van der Waals surface area contributed by atoms with Crippen molar-refractivity contribution >= 4 is 28.4 Å². The monoisotopic (exact) mass is 305 g/mol. The Morgan fingerprint density at radius 3 is 2.76 bits per heavy atom. The summed E-state index contributed by atoms with van der Waals surface area (Å²) in [6.45, 7) is 2.74. The van der Waals surface area contributed by atoms with Crippen LogP contribution in [0.2, 0.25) is 5.02 Å². The number of halogens is 1. The Labute approximate surface area is 129 Å². The molecule has 2 aromatic rings. The minimum absolute atomic E-state index is 0.182. The number of para-hydroxylation sites is 1. The third-order valence-electron chi connectivity index (χ3n) is 4.00. The van der Waals surface area contributed by atoms with Gasteiger partial charge in [-0.2, -0.15) is 0 Å². The Hall–Kier alpha value is -1.52. The second-order valence-corrected chi connectivity index (χ2v) is 5.89. The highest BCUT2D eigenvalue weighted by Crippen LogP contribution is 2.26. The molecule has 0 radical (unpaired) electrons. The molecule has 1 amide bonds. The number of aromatic amines is 1. The van der Waals surface area contributed by atoms with Gasteiger partial charge in [-0.3, -0.25) is 4.79 Å². The van der Waals surface area contributed by atoms with Gasteiger partial charge in [-0.25, -0.2) is 0 Å². The van der Waals surface area contributed by atoms with Gasteiger partial charge in [0.05, 0.1) is 11.6 Å². The van der Waals surface area contributed by atoms with Crippen molar-refractivity contribution in [2.24, 2.45) is 0 Å². The molecule has 0 spiro atoms. The van der Waals surface area contributed by atoms with Gasteiger partial charge in [-0.15, -0.1) is 0 Å². The molecule has 5 heteroatoms. The van der Waals surface area contributed by atoms with Gasteiger partial charge < -0.3 is 15.2 Å². The smallest absolute Gasteiger partial charge is 0.236 e. The van der Waals surface area contributed by atoms with E-state index >= 15 is 0 Å². The normalized spacial score (nSPS) is 15.6. The van der Waals surface area contributed by atoms with Gasteiger partial charge in [0.2, 0.25) is 5.91 Å². The van der Waals surface area contributed by atoms with Crippen LogP contribution in [0.15, 0.2) is 24.3 Å². The topological polar surface area (TPSA) is 48.1 Å². The van der Waals surface area contributed by atoms with Crippen molar-refractivity contribution in [3.8, 4) is 0 Å². The minimum Gasteiger partial charge on any atom is -0.356 e. The van der Waals surface area contributed by atoms with Crippen LogP contribution in [0.3, 0.4) is 0 Å². The maximum Gasteiger partial charge on any atom is 0.236 e. The van der Waals surface area contributed by atoms with Crippen LogP contribution in [0.1, 0.15) is 25.0 Å². The summed E-state index contributed by atoms with van der Waals surface area (Å²) in [5, 5.41) is 4.96. The second kappa shape index (κ2) is 6.50. The summed E-state index contributed by atoms with van der Waals surface area (Å²) >= 11 is 6.35. The first-order chi connectivity index (χ1) is 10.3. The summed E-state index contributed by atoms with van der Waals surface area (Å²) in [5.41, 5.74) is 1.96. The Morgan fingerprint density at radius 1 is 1.24 bits per heavy atom. The standard InChI is InChI=1S/C16H20ClN3O/c17-16-12-6-2-3-7-13(12)19-14(16)10-18-11-15(21)20-8-4-1-5-9-20/h2-3,6-7,18-19H,1,4-5,8-11H2. The Balaban J connectivity index is 1.56. The molecule has 21 heavy (non-hydrogen) atoms. The SMILES string of the molecule is O=C(CNCc1[nH]c2ccccc2c1Cl)N1CCCCC1. The predicted molar refractivity (Wildman–Crippen MR) is 85.4 cm³/mol. The first-order valence-corrected chi connectivity index (χ1v) is 7.87. The number of likely N-dealkylation sites (tertiary alicyclic amines) is 1. The van der Waals surface area contributed by atoms with Crippen LogP contribution in [0.25, 0.3) is 10.9 Å². The predicted octanol–water partition coefficient (Wildman–Crippen LogP) is 2.92. The number of hydrogen-bond donors (Lipinski definition) is 2. The first kappa shape index (κ1) is 14.4. The van der Waals surface area contributed by atoms with Crippen LogP contribution < -0.4 is 5.32 Å². The third-order valence-corrected chi connectivity index (χ3v) is 4.43. The van der Waals surface area contributed by atoms with Crippen molar-refractivity contribution in [1.82, 2.24) is 15.2 Å². The number of fused-ring (bicyclic) bond motifs is 1. The van der Waals surface area contributed by atoms with Gasteiger partial charge in [-0.05, 0) is 25.3 Å². The molecule has 2 N–H and O–H groups in total. The van der Waals surface area contributed by atoms with Crippen LogP contribution >= 0.6 is 11.6 Å². The van der Waals surface area contributed by atoms with Crippen LogP contribution in [0.5, 0.6) is 0 Å². The molecule has 0 saturated carbocycles. The quantitative estimate of drug-likeness (QED) is 0.912. The number of hydrogen-bond acceptors (Lipinski definition) is 2. The van der Waals surface area contributed by atoms with Crippen molar-refractivity contribution < 1.29 is 4.79 Å². The molecule has 1 aromatic heterocycles. The van der Waals surface area contributed by atoms with E-state index in [1.165, 1.54) is 6.42 Å². The zero-order valence-corrected chi connectivity index (χ0v) is 12.7. The molecule has 1 aromatic carbocycles. The molecule has 0 bridgehead atoms. The highest BCUT2D eigenvalue weighted by atomic mass is 35.5. The van der Waals surface area contributed by atoms with Gasteiger partial charge >= 0.3 is 0 Å². The molecule has 0 unspecified atom stereocenters. The first-order valence-electron chi connectivity index (χ1n) is 7.49. The van der Waals surface area contributed by atoms with Crippen molar-refractivity contribution in [3.63, 3.8) is 0 Å². The fraction of sp³-hybridized carbons (Fsp3) is 0.438. The van der Waals surface area contributed by atoms with E-state index in [1.54, 1.807) is 0 Å². The average molecular weight is 306 g/mol. The molecule has 3 rings (SSSR count). The third kappa shape index (κ3) is 3.22. The number of piperidine rings is 1. The number of rotatable bonds is 4. The molecule has 1 aliphatic heterocycles. The van der Waals surface area contributed by atoms with E-state index < -0.39 is 0 Å². The highest BCUT2D eigenvalue weighted by Gasteiger charge is 2.16. The van der Waals surface area contributed by atoms with E-state index in [1.807, 2.05) is 29.2 Å². The Kier molecular flexibility index (Phi) is 4.46. The van der Waals surface area contributed by atoms with Crippen LogP contribution in [0.4, 0.5) is 0 Å². The van der Waals surface area contributed by atoms with E-state index in [-0.39, 0.29) is 5.91 Å². The summed E-state index contributed by atoms with van der Waals surface area (Å²) < 4.78 is 0. The van der Waals surface area contributed by atoms with Crippen LogP contribution in [-0.2, 0) is 11.3 Å². The number of nitrogens with zero attached hydrogens (tertiary/aromatic N) is 1. The lowest BCUT2D eigenvalue weighted by Gasteiger charge is -2.26. The second-order valence-electron chi connectivity index (χ2n) is 5.51. The van der Waals surface area contributed by atoms with E-state index in [2.05, 4.69) is 10.3 Å². The van der Waals surface area contributed by atoms with Gasteiger partial charge in [0.1, 0.15) is 0 Å². The summed E-state index contributed by atoms with van der Waals surface area (Å²) in [4.78, 5) is 17.3. The Bertz CT molecular complexity index is 631. The van der Waals surface area contributed by atoms with Gasteiger partial charge in [0, 0.05) is 36.2 Å². The molecule has 0 aliphatic carbocycles. The number of carbonyl (C=O) groups is 1. The maximum absolute atomic E-state index is 12.1. The van der Waals surface area contributed by atoms with Crippen molar-refractivity contribution in [1.29, 1.82) is 0 Å². The number of aromatic nitrogens is 1. The molecular weight excluding hydrogens is 286 g/mol. The molecule has 1 fully saturated rings. The largest absolute Gasteiger partial charge is 0.356 e. The van der Waals surface area contributed by atoms with E-state index in [0.29, 0.717) is 13.1 Å². The molecule has 1 saturated heterocycles. The van der Waals surface area contributed by atoms with E-state index in [4.69, 9.17) is 11.6 Å². The zero-order valence-electron chi connectivity index (χ0n) is 12.0. The molecule has 112 valence electrons. The van der Waals surface area contributed by atoms with Gasteiger partial charge in [-0.1, -0.05) is 29.8 Å². The highest BCUT2D eigenvalue weighted by molar-refractivity contribution is 6.36. The van der Waals surface area contributed by atoms with Gasteiger partial charge in [0.25, 0.3) is 0 Å². The maximum atomic E-state index is 12.1. The van der Waals surface area contributed by atoms with Crippen molar-refractivity contribution in [3.05, 3.63) is 35.0 Å². The lowest BCUT2D eigenvalue weighted by molar-refractivity contribution is -0.131. The fourth-order valence-corrected chi connectivity index (χ4v) is 3.11. The number of nitrogens with one attached hydrogen (secondary N) is 2. The average Bonchev–Trinajstić information content (AvgIpc) is 2.85. The van der Waals surface area contributed by atoms with Crippen molar-refractivity contribution in [2.75, 3.05) is 19.6 Å². The number of benzene rings is 1. The number of amides is 1. The molecular formula is C16H20ClN3O. The van der Waals surface area contributed by atoms with Crippen LogP contribution in [0, 0.1) is 0 Å². The van der Waals surface area contributed by atoms with E-state index in [0.717, 1.165) is 47.6 Å². The molecule has 0 atom stereocenters. The molecule has 1 aliphatic rings. The van der Waals surface area contributed by atoms with Crippen LogP contribution in [-0.4, -0.2) is 35.4 Å².